The summed E-state index contributed by atoms with van der Waals surface area (Å²) in [7, 11) is 1.56. The van der Waals surface area contributed by atoms with Crippen molar-refractivity contribution in [1.29, 1.82) is 0 Å². The van der Waals surface area contributed by atoms with Crippen molar-refractivity contribution < 1.29 is 14.3 Å². The highest BCUT2D eigenvalue weighted by Crippen LogP contribution is 2.23. The van der Waals surface area contributed by atoms with Crippen LogP contribution in [0, 0.1) is 0 Å². The molecule has 0 aliphatic carbocycles. The molecule has 7 nitrogen and oxygen atoms in total. The number of nitrogens with one attached hydrogen (secondary N) is 2. The predicted molar refractivity (Wildman–Crippen MR) is 107 cm³/mol. The zero-order valence-electron chi connectivity index (χ0n) is 15.0. The molecule has 0 unspecified atom stereocenters. The molecule has 140 valence electrons. The predicted octanol–water partition coefficient (Wildman–Crippen LogP) is 4.24. The number of nitrogens with zero attached hydrogens (tertiary/aromatic N) is 2. The first-order valence-corrected chi connectivity index (χ1v) is 9.90. The summed E-state index contributed by atoms with van der Waals surface area (Å²) in [6.07, 6.45) is 0. The maximum Gasteiger partial charge on any atom is 0.276 e. The Kier molecular flexibility index (Phi) is 5.82. The second-order valence-corrected chi connectivity index (χ2v) is 7.62. The number of hydrogen-bond acceptors (Lipinski definition) is 7. The number of carbonyl (C=O) groups excluding carboxylic acids is 2. The van der Waals surface area contributed by atoms with E-state index in [1.807, 2.05) is 19.2 Å². The van der Waals surface area contributed by atoms with Crippen LogP contribution in [0.3, 0.4) is 0 Å². The van der Waals surface area contributed by atoms with Gasteiger partial charge in [-0.2, -0.15) is 0 Å². The first kappa shape index (κ1) is 19.0. The monoisotopic (exact) mass is 402 g/mol. The van der Waals surface area contributed by atoms with Gasteiger partial charge in [0.25, 0.3) is 11.8 Å². The van der Waals surface area contributed by atoms with Crippen LogP contribution in [0.5, 0.6) is 5.75 Å². The molecule has 0 saturated carbocycles. The topological polar surface area (TPSA) is 93.2 Å². The van der Waals surface area contributed by atoms with Crippen molar-refractivity contribution in [2.45, 2.75) is 19.8 Å². The van der Waals surface area contributed by atoms with Crippen LogP contribution in [0.25, 0.3) is 0 Å². The summed E-state index contributed by atoms with van der Waals surface area (Å²) in [6, 6.07) is 6.72. The fraction of sp³-hybridized carbons (Fsp3) is 0.222. The summed E-state index contributed by atoms with van der Waals surface area (Å²) >= 11 is 2.55. The van der Waals surface area contributed by atoms with Crippen LogP contribution < -0.4 is 15.4 Å². The van der Waals surface area contributed by atoms with Crippen LogP contribution in [0.1, 0.15) is 46.3 Å². The van der Waals surface area contributed by atoms with E-state index in [1.165, 1.54) is 22.7 Å². The third-order valence-corrected chi connectivity index (χ3v) is 5.18. The van der Waals surface area contributed by atoms with Crippen LogP contribution in [0.2, 0.25) is 0 Å². The van der Waals surface area contributed by atoms with Crippen LogP contribution in [-0.2, 0) is 0 Å². The molecular weight excluding hydrogens is 384 g/mol. The number of ether oxygens (including phenoxy) is 1. The number of aromatic nitrogens is 2. The van der Waals surface area contributed by atoms with Crippen molar-refractivity contribution in [1.82, 2.24) is 9.97 Å². The molecule has 2 amide bonds. The number of benzene rings is 1. The van der Waals surface area contributed by atoms with E-state index in [-0.39, 0.29) is 17.5 Å². The summed E-state index contributed by atoms with van der Waals surface area (Å²) in [5, 5.41) is 9.81. The van der Waals surface area contributed by atoms with Crippen molar-refractivity contribution in [3.8, 4) is 5.75 Å². The SMILES string of the molecule is COc1ccc(C(=O)Nc2nc(C(=O)Nc3nc(C(C)C)cs3)cs2)cc1. The highest BCUT2D eigenvalue weighted by atomic mass is 32.1. The normalized spacial score (nSPS) is 10.7. The van der Waals surface area contributed by atoms with E-state index in [2.05, 4.69) is 20.6 Å². The lowest BCUT2D eigenvalue weighted by Crippen LogP contribution is -2.14. The van der Waals surface area contributed by atoms with Crippen molar-refractivity contribution in [2.75, 3.05) is 17.7 Å². The van der Waals surface area contributed by atoms with Gasteiger partial charge in [-0.3, -0.25) is 20.2 Å². The van der Waals surface area contributed by atoms with Gasteiger partial charge in [0, 0.05) is 16.3 Å². The fourth-order valence-corrected chi connectivity index (χ4v) is 3.67. The number of thiazole rings is 2. The van der Waals surface area contributed by atoms with Crippen LogP contribution in [0.4, 0.5) is 10.3 Å². The number of anilines is 2. The maximum atomic E-state index is 12.3. The van der Waals surface area contributed by atoms with Gasteiger partial charge in [-0.05, 0) is 30.2 Å². The summed E-state index contributed by atoms with van der Waals surface area (Å²) in [6.45, 7) is 4.08. The van der Waals surface area contributed by atoms with Crippen molar-refractivity contribution in [3.63, 3.8) is 0 Å². The molecule has 0 atom stereocenters. The van der Waals surface area contributed by atoms with Gasteiger partial charge in [0.05, 0.1) is 12.8 Å². The summed E-state index contributed by atoms with van der Waals surface area (Å²) < 4.78 is 5.07. The first-order chi connectivity index (χ1) is 13.0. The number of carbonyl (C=O) groups is 2. The molecule has 0 saturated heterocycles. The van der Waals surface area contributed by atoms with Crippen molar-refractivity contribution in [2.24, 2.45) is 0 Å². The van der Waals surface area contributed by atoms with Gasteiger partial charge < -0.3 is 4.74 Å². The molecule has 0 fully saturated rings. The van der Waals surface area contributed by atoms with Gasteiger partial charge in [0.15, 0.2) is 10.3 Å². The molecule has 0 aliphatic heterocycles. The molecule has 27 heavy (non-hydrogen) atoms. The standard InChI is InChI=1S/C18H18N4O3S2/c1-10(2)13-8-26-17(19-13)22-16(24)14-9-27-18(20-14)21-15(23)11-4-6-12(25-3)7-5-11/h4-10H,1-3H3,(H,19,22,24)(H,20,21,23). The molecule has 3 aromatic rings. The van der Waals surface area contributed by atoms with E-state index in [4.69, 9.17) is 4.74 Å². The third-order valence-electron chi connectivity index (χ3n) is 3.64. The maximum absolute atomic E-state index is 12.3. The van der Waals surface area contributed by atoms with E-state index in [9.17, 15) is 9.59 Å². The first-order valence-electron chi connectivity index (χ1n) is 8.14. The van der Waals surface area contributed by atoms with E-state index >= 15 is 0 Å². The van der Waals surface area contributed by atoms with Gasteiger partial charge in [-0.15, -0.1) is 22.7 Å². The Morgan fingerprint density at radius 2 is 1.59 bits per heavy atom. The number of methoxy groups -OCH3 is 1. The second-order valence-electron chi connectivity index (χ2n) is 5.91. The Hall–Kier alpha value is -2.78. The molecule has 0 radical (unpaired) electrons. The molecule has 2 N–H and O–H groups in total. The van der Waals surface area contributed by atoms with Crippen molar-refractivity contribution in [3.05, 3.63) is 52.0 Å². The van der Waals surface area contributed by atoms with Gasteiger partial charge in [-0.25, -0.2) is 9.97 Å². The van der Waals surface area contributed by atoms with Gasteiger partial charge in [-0.1, -0.05) is 13.8 Å². The van der Waals surface area contributed by atoms with E-state index in [0.717, 1.165) is 5.69 Å². The zero-order valence-corrected chi connectivity index (χ0v) is 16.6. The quantitative estimate of drug-likeness (QED) is 0.643. The minimum Gasteiger partial charge on any atom is -0.497 e. The minimum atomic E-state index is -0.360. The molecule has 1 aromatic carbocycles. The highest BCUT2D eigenvalue weighted by Gasteiger charge is 2.15. The van der Waals surface area contributed by atoms with Crippen molar-refractivity contribution >= 4 is 44.8 Å². The minimum absolute atomic E-state index is 0.228. The highest BCUT2D eigenvalue weighted by molar-refractivity contribution is 7.14. The molecular formula is C18H18N4O3S2. The third kappa shape index (κ3) is 4.69. The Morgan fingerprint density at radius 1 is 0.963 bits per heavy atom. The zero-order chi connectivity index (χ0) is 19.4. The lowest BCUT2D eigenvalue weighted by molar-refractivity contribution is 0.101. The summed E-state index contributed by atoms with van der Waals surface area (Å²) in [4.78, 5) is 33.1. The largest absolute Gasteiger partial charge is 0.497 e. The average Bonchev–Trinajstić information content (AvgIpc) is 3.31. The van der Waals surface area contributed by atoms with Crippen LogP contribution in [-0.4, -0.2) is 28.9 Å². The van der Waals surface area contributed by atoms with E-state index in [0.29, 0.717) is 27.5 Å². The molecule has 3 rings (SSSR count). The summed E-state index contributed by atoms with van der Waals surface area (Å²) in [5.74, 6) is 0.301. The van der Waals surface area contributed by atoms with Crippen LogP contribution in [0.15, 0.2) is 35.0 Å². The number of hydrogen-bond donors (Lipinski definition) is 2. The molecule has 0 spiro atoms. The van der Waals surface area contributed by atoms with Crippen LogP contribution >= 0.6 is 22.7 Å². The Balaban J connectivity index is 1.62. The number of amides is 2. The Labute approximate surface area is 164 Å². The van der Waals surface area contributed by atoms with Gasteiger partial charge in [0.1, 0.15) is 11.4 Å². The van der Waals surface area contributed by atoms with E-state index in [1.54, 1.807) is 36.8 Å². The Bertz CT molecular complexity index is 948. The molecule has 2 heterocycles. The molecule has 0 bridgehead atoms. The lowest BCUT2D eigenvalue weighted by atomic mass is 10.2. The summed E-state index contributed by atoms with van der Waals surface area (Å²) in [5.41, 5.74) is 1.63. The second kappa shape index (κ2) is 8.28. The van der Waals surface area contributed by atoms with E-state index < -0.39 is 0 Å². The average molecular weight is 403 g/mol. The fourth-order valence-electron chi connectivity index (χ4n) is 2.12. The number of rotatable bonds is 6. The smallest absolute Gasteiger partial charge is 0.276 e. The molecule has 2 aromatic heterocycles. The lowest BCUT2D eigenvalue weighted by Gasteiger charge is -2.03. The molecule has 0 aliphatic rings. The van der Waals surface area contributed by atoms with Gasteiger partial charge in [0.2, 0.25) is 0 Å². The Morgan fingerprint density at radius 3 is 2.22 bits per heavy atom. The molecule has 9 heteroatoms. The van der Waals surface area contributed by atoms with Gasteiger partial charge >= 0.3 is 0 Å².